The molecule has 0 saturated carbocycles. The fourth-order valence-electron chi connectivity index (χ4n) is 2.14. The number of nitrogens with one attached hydrogen (secondary N) is 1. The number of carbonyl (C=O) groups is 2. The number of primary sulfonamides is 1. The van der Waals surface area contributed by atoms with Crippen molar-refractivity contribution in [3.8, 4) is 0 Å². The lowest BCUT2D eigenvalue weighted by Crippen LogP contribution is -2.30. The standard InChI is InChI=1S/C17H17ClN2O7S2/c1-10(16(21)20-11-3-5-12(6-4-11)29(19,25)26)27-17(22)14-9-13(28(2,23)24)7-8-15(14)18/h3-10H,1-2H3,(H,20,21)(H2,19,25,26). The number of ether oxygens (including phenoxy) is 1. The van der Waals surface area contributed by atoms with E-state index >= 15 is 0 Å². The number of esters is 1. The van der Waals surface area contributed by atoms with Crippen molar-refractivity contribution < 1.29 is 31.2 Å². The Morgan fingerprint density at radius 1 is 1.03 bits per heavy atom. The van der Waals surface area contributed by atoms with Crippen LogP contribution in [-0.2, 0) is 29.4 Å². The molecule has 3 N–H and O–H groups in total. The van der Waals surface area contributed by atoms with Gasteiger partial charge >= 0.3 is 5.97 Å². The predicted molar refractivity (Wildman–Crippen MR) is 106 cm³/mol. The van der Waals surface area contributed by atoms with Gasteiger partial charge in [0.2, 0.25) is 10.0 Å². The lowest BCUT2D eigenvalue weighted by atomic mass is 10.2. The second-order valence-corrected chi connectivity index (χ2v) is 10.0. The third-order valence-electron chi connectivity index (χ3n) is 3.69. The molecule has 1 unspecified atom stereocenters. The number of halogens is 1. The van der Waals surface area contributed by atoms with Crippen LogP contribution in [0.25, 0.3) is 0 Å². The number of anilines is 1. The van der Waals surface area contributed by atoms with Crippen LogP contribution >= 0.6 is 11.6 Å². The largest absolute Gasteiger partial charge is 0.449 e. The summed E-state index contributed by atoms with van der Waals surface area (Å²) in [6.07, 6.45) is -0.277. The molecule has 156 valence electrons. The molecule has 0 aromatic heterocycles. The summed E-state index contributed by atoms with van der Waals surface area (Å²) in [5.41, 5.74) is 0.0501. The third-order valence-corrected chi connectivity index (χ3v) is 6.06. The first-order valence-corrected chi connectivity index (χ1v) is 11.7. The second kappa shape index (κ2) is 8.49. The first-order valence-electron chi connectivity index (χ1n) is 7.93. The summed E-state index contributed by atoms with van der Waals surface area (Å²) in [5, 5.41) is 7.41. The summed E-state index contributed by atoms with van der Waals surface area (Å²) >= 11 is 5.93. The van der Waals surface area contributed by atoms with Crippen LogP contribution in [0.5, 0.6) is 0 Å². The fraction of sp³-hybridized carbons (Fsp3) is 0.176. The van der Waals surface area contributed by atoms with E-state index in [9.17, 15) is 26.4 Å². The van der Waals surface area contributed by atoms with Gasteiger partial charge in [0.15, 0.2) is 15.9 Å². The molecule has 9 nitrogen and oxygen atoms in total. The monoisotopic (exact) mass is 460 g/mol. The van der Waals surface area contributed by atoms with Gasteiger partial charge in [-0.3, -0.25) is 4.79 Å². The molecule has 0 bridgehead atoms. The zero-order valence-electron chi connectivity index (χ0n) is 15.2. The quantitative estimate of drug-likeness (QED) is 0.621. The van der Waals surface area contributed by atoms with Crippen LogP contribution in [0.4, 0.5) is 5.69 Å². The summed E-state index contributed by atoms with van der Waals surface area (Å²) in [4.78, 5) is 24.3. The molecule has 29 heavy (non-hydrogen) atoms. The zero-order valence-corrected chi connectivity index (χ0v) is 17.6. The van der Waals surface area contributed by atoms with E-state index in [0.717, 1.165) is 12.3 Å². The highest BCUT2D eigenvalue weighted by Crippen LogP contribution is 2.22. The van der Waals surface area contributed by atoms with Gasteiger partial charge in [0.1, 0.15) is 0 Å². The fourth-order valence-corrected chi connectivity index (χ4v) is 3.50. The van der Waals surface area contributed by atoms with Crippen LogP contribution in [0, 0.1) is 0 Å². The van der Waals surface area contributed by atoms with E-state index in [1.165, 1.54) is 43.3 Å². The normalized spacial score (nSPS) is 12.8. The lowest BCUT2D eigenvalue weighted by Gasteiger charge is -2.14. The van der Waals surface area contributed by atoms with Crippen LogP contribution in [0.15, 0.2) is 52.3 Å². The van der Waals surface area contributed by atoms with Crippen LogP contribution in [0.1, 0.15) is 17.3 Å². The van der Waals surface area contributed by atoms with E-state index in [0.29, 0.717) is 0 Å². The Morgan fingerprint density at radius 2 is 1.59 bits per heavy atom. The number of rotatable bonds is 6. The first-order chi connectivity index (χ1) is 13.3. The topological polar surface area (TPSA) is 150 Å². The number of hydrogen-bond acceptors (Lipinski definition) is 7. The van der Waals surface area contributed by atoms with Crippen molar-refractivity contribution in [1.82, 2.24) is 0 Å². The van der Waals surface area contributed by atoms with Gasteiger partial charge in [0.05, 0.1) is 20.4 Å². The Labute approximate surface area is 172 Å². The van der Waals surface area contributed by atoms with Gasteiger partial charge < -0.3 is 10.1 Å². The Balaban J connectivity index is 2.11. The van der Waals surface area contributed by atoms with Crippen molar-refractivity contribution in [3.05, 3.63) is 53.1 Å². The molecule has 1 atom stereocenters. The summed E-state index contributed by atoms with van der Waals surface area (Å²) in [6.45, 7) is 1.31. The highest BCUT2D eigenvalue weighted by molar-refractivity contribution is 7.90. The maximum Gasteiger partial charge on any atom is 0.340 e. The average molecular weight is 461 g/mol. The van der Waals surface area contributed by atoms with Crippen molar-refractivity contribution in [2.45, 2.75) is 22.8 Å². The van der Waals surface area contributed by atoms with E-state index in [2.05, 4.69) is 5.32 Å². The van der Waals surface area contributed by atoms with Gasteiger partial charge in [-0.15, -0.1) is 0 Å². The number of sulfone groups is 1. The number of carbonyl (C=O) groups excluding carboxylic acids is 2. The summed E-state index contributed by atoms with van der Waals surface area (Å²) in [5.74, 6) is -1.68. The minimum absolute atomic E-state index is 0.0337. The summed E-state index contributed by atoms with van der Waals surface area (Å²) in [7, 11) is -7.44. The van der Waals surface area contributed by atoms with Gasteiger partial charge in [-0.2, -0.15) is 0 Å². The number of hydrogen-bond donors (Lipinski definition) is 2. The van der Waals surface area contributed by atoms with E-state index in [1.54, 1.807) is 0 Å². The molecule has 2 aromatic carbocycles. The highest BCUT2D eigenvalue weighted by atomic mass is 35.5. The van der Waals surface area contributed by atoms with Crippen molar-refractivity contribution in [1.29, 1.82) is 0 Å². The van der Waals surface area contributed by atoms with E-state index in [-0.39, 0.29) is 26.1 Å². The molecule has 2 aromatic rings. The van der Waals surface area contributed by atoms with E-state index in [1.807, 2.05) is 0 Å². The molecule has 0 saturated heterocycles. The molecule has 0 aliphatic heterocycles. The van der Waals surface area contributed by atoms with Gasteiger partial charge in [-0.25, -0.2) is 26.8 Å². The molecule has 0 fully saturated rings. The molecule has 0 radical (unpaired) electrons. The molecular formula is C17H17ClN2O7S2. The number of sulfonamides is 1. The van der Waals surface area contributed by atoms with Gasteiger partial charge in [0, 0.05) is 11.9 Å². The Bertz CT molecular complexity index is 1160. The molecule has 0 heterocycles. The Kier molecular flexibility index (Phi) is 6.68. The maximum atomic E-state index is 12.3. The minimum Gasteiger partial charge on any atom is -0.449 e. The summed E-state index contributed by atoms with van der Waals surface area (Å²) in [6, 6.07) is 8.60. The van der Waals surface area contributed by atoms with Crippen molar-refractivity contribution in [3.63, 3.8) is 0 Å². The van der Waals surface area contributed by atoms with Crippen molar-refractivity contribution >= 4 is 49.0 Å². The van der Waals surface area contributed by atoms with Crippen molar-refractivity contribution in [2.24, 2.45) is 5.14 Å². The predicted octanol–water partition coefficient (Wildman–Crippen LogP) is 1.57. The van der Waals surface area contributed by atoms with Crippen LogP contribution < -0.4 is 10.5 Å². The number of benzene rings is 2. The average Bonchev–Trinajstić information content (AvgIpc) is 2.60. The first kappa shape index (κ1) is 22.8. The Morgan fingerprint density at radius 3 is 2.10 bits per heavy atom. The van der Waals surface area contributed by atoms with Crippen molar-refractivity contribution in [2.75, 3.05) is 11.6 Å². The Hall–Kier alpha value is -2.47. The molecule has 0 aliphatic carbocycles. The molecule has 0 aliphatic rings. The smallest absolute Gasteiger partial charge is 0.340 e. The van der Waals surface area contributed by atoms with Crippen LogP contribution in [0.2, 0.25) is 5.02 Å². The van der Waals surface area contributed by atoms with Gasteiger partial charge in [-0.1, -0.05) is 11.6 Å². The molecule has 0 spiro atoms. The molecule has 12 heteroatoms. The summed E-state index contributed by atoms with van der Waals surface area (Å²) < 4.78 is 50.8. The highest BCUT2D eigenvalue weighted by Gasteiger charge is 2.22. The zero-order chi connectivity index (χ0) is 22.0. The second-order valence-electron chi connectivity index (χ2n) is 6.02. The molecule has 1 amide bonds. The van der Waals surface area contributed by atoms with Gasteiger partial charge in [0.25, 0.3) is 5.91 Å². The van der Waals surface area contributed by atoms with Crippen LogP contribution in [-0.4, -0.2) is 41.1 Å². The van der Waals surface area contributed by atoms with Crippen LogP contribution in [0.3, 0.4) is 0 Å². The maximum absolute atomic E-state index is 12.3. The SMILES string of the molecule is CC(OC(=O)c1cc(S(C)(=O)=O)ccc1Cl)C(=O)Nc1ccc(S(N)(=O)=O)cc1. The third kappa shape index (κ3) is 6.00. The minimum atomic E-state index is -3.87. The van der Waals surface area contributed by atoms with E-state index in [4.69, 9.17) is 21.5 Å². The number of nitrogens with two attached hydrogens (primary N) is 1. The van der Waals surface area contributed by atoms with E-state index < -0.39 is 37.8 Å². The molecular weight excluding hydrogens is 444 g/mol. The number of amides is 1. The van der Waals surface area contributed by atoms with Gasteiger partial charge in [-0.05, 0) is 49.4 Å². The molecule has 2 rings (SSSR count). The lowest BCUT2D eigenvalue weighted by molar-refractivity contribution is -0.123.